The van der Waals surface area contributed by atoms with Crippen LogP contribution >= 0.6 is 0 Å². The second-order valence-electron chi connectivity index (χ2n) is 4.53. The molecular formula is C14H21NO3. The van der Waals surface area contributed by atoms with Gasteiger partial charge >= 0.3 is 0 Å². The van der Waals surface area contributed by atoms with E-state index in [0.717, 1.165) is 5.56 Å². The van der Waals surface area contributed by atoms with Crippen molar-refractivity contribution in [2.24, 2.45) is 5.92 Å². The molecular weight excluding hydrogens is 230 g/mol. The van der Waals surface area contributed by atoms with Crippen LogP contribution in [0.15, 0.2) is 24.3 Å². The van der Waals surface area contributed by atoms with Crippen LogP contribution in [0.3, 0.4) is 0 Å². The number of aliphatic hydroxyl groups excluding tert-OH is 1. The normalized spacial score (nSPS) is 11.9. The van der Waals surface area contributed by atoms with Gasteiger partial charge in [-0.25, -0.2) is 0 Å². The topological polar surface area (TPSA) is 58.6 Å². The summed E-state index contributed by atoms with van der Waals surface area (Å²) in [5.41, 5.74) is 1.10. The molecule has 0 radical (unpaired) electrons. The van der Waals surface area contributed by atoms with Crippen molar-refractivity contribution in [3.05, 3.63) is 29.8 Å². The van der Waals surface area contributed by atoms with Gasteiger partial charge < -0.3 is 15.2 Å². The molecule has 1 atom stereocenters. The van der Waals surface area contributed by atoms with Crippen molar-refractivity contribution in [3.63, 3.8) is 0 Å². The van der Waals surface area contributed by atoms with E-state index < -0.39 is 0 Å². The third-order valence-electron chi connectivity index (χ3n) is 2.63. The van der Waals surface area contributed by atoms with E-state index >= 15 is 0 Å². The van der Waals surface area contributed by atoms with Gasteiger partial charge in [-0.3, -0.25) is 4.79 Å². The first-order valence-corrected chi connectivity index (χ1v) is 6.19. The van der Waals surface area contributed by atoms with Crippen LogP contribution in [0.25, 0.3) is 0 Å². The maximum Gasteiger partial charge on any atom is 0.257 e. The number of nitrogens with one attached hydrogen (secondary N) is 1. The summed E-state index contributed by atoms with van der Waals surface area (Å²) in [6.07, 6.45) is 0.693. The second kappa shape index (κ2) is 7.71. The minimum Gasteiger partial charge on any atom is -0.484 e. The van der Waals surface area contributed by atoms with E-state index in [0.29, 0.717) is 18.7 Å². The fraction of sp³-hybridized carbons (Fsp3) is 0.500. The molecule has 100 valence electrons. The van der Waals surface area contributed by atoms with Gasteiger partial charge in [-0.2, -0.15) is 0 Å². The van der Waals surface area contributed by atoms with Crippen LogP contribution in [0.1, 0.15) is 18.9 Å². The van der Waals surface area contributed by atoms with Crippen LogP contribution in [-0.2, 0) is 4.79 Å². The zero-order chi connectivity index (χ0) is 13.4. The number of amides is 1. The summed E-state index contributed by atoms with van der Waals surface area (Å²) in [6.45, 7) is 4.70. The van der Waals surface area contributed by atoms with Crippen LogP contribution in [-0.4, -0.2) is 30.8 Å². The number of hydrogen-bond acceptors (Lipinski definition) is 3. The maximum absolute atomic E-state index is 11.5. The lowest BCUT2D eigenvalue weighted by Crippen LogP contribution is -2.32. The highest BCUT2D eigenvalue weighted by atomic mass is 16.5. The van der Waals surface area contributed by atoms with E-state index in [1.165, 1.54) is 0 Å². The summed E-state index contributed by atoms with van der Waals surface area (Å²) >= 11 is 0. The summed E-state index contributed by atoms with van der Waals surface area (Å²) < 4.78 is 5.38. The Balaban J connectivity index is 2.25. The minimum absolute atomic E-state index is 0.0231. The van der Waals surface area contributed by atoms with Crippen molar-refractivity contribution in [1.82, 2.24) is 5.32 Å². The summed E-state index contributed by atoms with van der Waals surface area (Å²) in [4.78, 5) is 11.5. The molecule has 0 saturated heterocycles. The number of aliphatic hydroxyl groups is 1. The fourth-order valence-electron chi connectivity index (χ4n) is 1.52. The molecule has 1 aromatic carbocycles. The van der Waals surface area contributed by atoms with Gasteiger partial charge in [0, 0.05) is 13.2 Å². The molecule has 0 aliphatic carbocycles. The molecule has 1 unspecified atom stereocenters. The highest BCUT2D eigenvalue weighted by Gasteiger charge is 2.06. The first-order chi connectivity index (χ1) is 8.61. The molecule has 1 amide bonds. The zero-order valence-corrected chi connectivity index (χ0v) is 11.0. The van der Waals surface area contributed by atoms with Crippen molar-refractivity contribution < 1.29 is 14.6 Å². The van der Waals surface area contributed by atoms with Crippen molar-refractivity contribution in [2.45, 2.75) is 20.3 Å². The lowest BCUT2D eigenvalue weighted by molar-refractivity contribution is -0.123. The number of ether oxygens (including phenoxy) is 1. The summed E-state index contributed by atoms with van der Waals surface area (Å²) in [5, 5.41) is 11.5. The quantitative estimate of drug-likeness (QED) is 0.772. The largest absolute Gasteiger partial charge is 0.484 e. The average molecular weight is 251 g/mol. The SMILES string of the molecule is Cc1cccc(OCC(=O)NCC(C)CCO)c1. The zero-order valence-electron chi connectivity index (χ0n) is 11.0. The molecule has 0 heterocycles. The molecule has 0 aliphatic rings. The Morgan fingerprint density at radius 1 is 1.50 bits per heavy atom. The van der Waals surface area contributed by atoms with E-state index in [-0.39, 0.29) is 25.0 Å². The molecule has 0 spiro atoms. The number of hydrogen-bond donors (Lipinski definition) is 2. The summed E-state index contributed by atoms with van der Waals surface area (Å²) in [6, 6.07) is 7.59. The van der Waals surface area contributed by atoms with Crippen LogP contribution in [0.2, 0.25) is 0 Å². The number of benzene rings is 1. The average Bonchev–Trinajstić information content (AvgIpc) is 2.34. The smallest absolute Gasteiger partial charge is 0.257 e. The molecule has 0 bridgehead atoms. The molecule has 4 nitrogen and oxygen atoms in total. The van der Waals surface area contributed by atoms with Crippen molar-refractivity contribution in [1.29, 1.82) is 0 Å². The predicted molar refractivity (Wildman–Crippen MR) is 70.6 cm³/mol. The third-order valence-corrected chi connectivity index (χ3v) is 2.63. The number of rotatable bonds is 7. The van der Waals surface area contributed by atoms with Crippen molar-refractivity contribution in [2.75, 3.05) is 19.8 Å². The van der Waals surface area contributed by atoms with Crippen LogP contribution in [0.4, 0.5) is 0 Å². The van der Waals surface area contributed by atoms with Gasteiger partial charge in [-0.15, -0.1) is 0 Å². The second-order valence-corrected chi connectivity index (χ2v) is 4.53. The maximum atomic E-state index is 11.5. The Hall–Kier alpha value is -1.55. The van der Waals surface area contributed by atoms with E-state index in [1.807, 2.05) is 38.1 Å². The van der Waals surface area contributed by atoms with E-state index in [9.17, 15) is 4.79 Å². The van der Waals surface area contributed by atoms with Crippen LogP contribution in [0, 0.1) is 12.8 Å². The molecule has 18 heavy (non-hydrogen) atoms. The predicted octanol–water partition coefficient (Wildman–Crippen LogP) is 1.51. The molecule has 1 aromatic rings. The van der Waals surface area contributed by atoms with Gasteiger partial charge in [-0.05, 0) is 37.0 Å². The highest BCUT2D eigenvalue weighted by Crippen LogP contribution is 2.11. The Labute approximate surface area is 108 Å². The molecule has 1 rings (SSSR count). The number of aryl methyl sites for hydroxylation is 1. The highest BCUT2D eigenvalue weighted by molar-refractivity contribution is 5.77. The van der Waals surface area contributed by atoms with E-state index in [2.05, 4.69) is 5.32 Å². The van der Waals surface area contributed by atoms with E-state index in [4.69, 9.17) is 9.84 Å². The first kappa shape index (κ1) is 14.5. The van der Waals surface area contributed by atoms with Crippen LogP contribution < -0.4 is 10.1 Å². The number of carbonyl (C=O) groups excluding carboxylic acids is 1. The molecule has 0 aromatic heterocycles. The first-order valence-electron chi connectivity index (χ1n) is 6.19. The molecule has 0 saturated carbocycles. The fourth-order valence-corrected chi connectivity index (χ4v) is 1.52. The van der Waals surface area contributed by atoms with Gasteiger partial charge in [0.15, 0.2) is 6.61 Å². The van der Waals surface area contributed by atoms with Crippen LogP contribution in [0.5, 0.6) is 5.75 Å². The monoisotopic (exact) mass is 251 g/mol. The Morgan fingerprint density at radius 2 is 2.28 bits per heavy atom. The Kier molecular flexibility index (Phi) is 6.22. The van der Waals surface area contributed by atoms with Crippen molar-refractivity contribution >= 4 is 5.91 Å². The Morgan fingerprint density at radius 3 is 2.94 bits per heavy atom. The van der Waals surface area contributed by atoms with E-state index in [1.54, 1.807) is 0 Å². The van der Waals surface area contributed by atoms with Gasteiger partial charge in [0.25, 0.3) is 5.91 Å². The minimum atomic E-state index is -0.138. The number of carbonyl (C=O) groups is 1. The van der Waals surface area contributed by atoms with Gasteiger partial charge in [0.1, 0.15) is 5.75 Å². The molecule has 2 N–H and O–H groups in total. The lowest BCUT2D eigenvalue weighted by Gasteiger charge is -2.11. The summed E-state index contributed by atoms with van der Waals surface area (Å²) in [5.74, 6) is 0.841. The third kappa shape index (κ3) is 5.68. The van der Waals surface area contributed by atoms with Gasteiger partial charge in [-0.1, -0.05) is 19.1 Å². The lowest BCUT2D eigenvalue weighted by atomic mass is 10.1. The molecule has 4 heteroatoms. The summed E-state index contributed by atoms with van der Waals surface area (Å²) in [7, 11) is 0. The molecule has 0 aliphatic heterocycles. The Bertz CT molecular complexity index is 379. The van der Waals surface area contributed by atoms with Crippen molar-refractivity contribution in [3.8, 4) is 5.75 Å². The standard InChI is InChI=1S/C14H21NO3/c1-11-4-3-5-13(8-11)18-10-14(17)15-9-12(2)6-7-16/h3-5,8,12,16H,6-7,9-10H2,1-2H3,(H,15,17). The van der Waals surface area contributed by atoms with Gasteiger partial charge in [0.2, 0.25) is 0 Å². The van der Waals surface area contributed by atoms with Gasteiger partial charge in [0.05, 0.1) is 0 Å². The molecule has 0 fully saturated rings.